The van der Waals surface area contributed by atoms with Gasteiger partial charge in [0.05, 0.1) is 32.9 Å². The smallest absolute Gasteiger partial charge is 0.264 e. The molecule has 33 heavy (non-hydrogen) atoms. The van der Waals surface area contributed by atoms with Gasteiger partial charge in [-0.05, 0) is 48.9 Å². The molecule has 1 unspecified atom stereocenters. The maximum Gasteiger partial charge on any atom is 0.264 e. The highest BCUT2D eigenvalue weighted by Gasteiger charge is 2.51. The lowest BCUT2D eigenvalue weighted by Crippen LogP contribution is -2.41. The van der Waals surface area contributed by atoms with Gasteiger partial charge >= 0.3 is 0 Å². The molecular weight excluding hydrogens is 486 g/mol. The van der Waals surface area contributed by atoms with E-state index in [-0.39, 0.29) is 5.78 Å². The number of methoxy groups -OCH3 is 2. The summed E-state index contributed by atoms with van der Waals surface area (Å²) in [7, 11) is 2.99. The molecule has 0 radical (unpaired) electrons. The van der Waals surface area contributed by atoms with E-state index in [1.54, 1.807) is 35.2 Å². The molecule has 1 aliphatic rings. The van der Waals surface area contributed by atoms with Crippen molar-refractivity contribution in [1.82, 2.24) is 0 Å². The molecule has 0 spiro atoms. The van der Waals surface area contributed by atoms with E-state index in [1.165, 1.54) is 14.2 Å². The van der Waals surface area contributed by atoms with Gasteiger partial charge in [-0.2, -0.15) is 0 Å². The highest BCUT2D eigenvalue weighted by atomic mass is 79.9. The maximum absolute atomic E-state index is 13.5. The fraction of sp³-hybridized carbons (Fsp3) is 0.231. The van der Waals surface area contributed by atoms with Gasteiger partial charge in [0.15, 0.2) is 22.9 Å². The van der Waals surface area contributed by atoms with Crippen molar-refractivity contribution in [3.63, 3.8) is 0 Å². The normalized spacial score (nSPS) is 17.1. The Morgan fingerprint density at radius 2 is 1.79 bits per heavy atom. The van der Waals surface area contributed by atoms with Crippen LogP contribution in [-0.4, -0.2) is 31.0 Å². The largest absolute Gasteiger partial charge is 0.493 e. The minimum atomic E-state index is -1.98. The predicted octanol–water partition coefficient (Wildman–Crippen LogP) is 4.78. The lowest BCUT2D eigenvalue weighted by Gasteiger charge is -2.23. The molecule has 1 heterocycles. The van der Waals surface area contributed by atoms with Gasteiger partial charge in [-0.3, -0.25) is 9.59 Å². The number of anilines is 1. The Kier molecular flexibility index (Phi) is 6.28. The zero-order chi connectivity index (χ0) is 23.8. The standard InChI is InChI=1S/C26H24BrNO5/c1-16-5-4-6-17(11-16)15-28-21-9-8-19(27)13-20(21)26(31,25(28)30)14-22(29)18-7-10-23(32-2)24(12-18)33-3/h4-13,31H,14-15H2,1-3H3. The molecule has 0 aromatic heterocycles. The van der Waals surface area contributed by atoms with E-state index in [0.717, 1.165) is 11.1 Å². The number of aryl methyl sites for hydroxylation is 1. The van der Waals surface area contributed by atoms with Crippen molar-refractivity contribution in [1.29, 1.82) is 0 Å². The Morgan fingerprint density at radius 3 is 2.48 bits per heavy atom. The van der Waals surface area contributed by atoms with E-state index < -0.39 is 17.9 Å². The lowest BCUT2D eigenvalue weighted by atomic mass is 9.88. The van der Waals surface area contributed by atoms with Gasteiger partial charge in [-0.1, -0.05) is 45.8 Å². The van der Waals surface area contributed by atoms with Crippen molar-refractivity contribution in [2.75, 3.05) is 19.1 Å². The summed E-state index contributed by atoms with van der Waals surface area (Å²) in [6, 6.07) is 17.9. The van der Waals surface area contributed by atoms with Crippen LogP contribution in [0.25, 0.3) is 0 Å². The van der Waals surface area contributed by atoms with Gasteiger partial charge < -0.3 is 19.5 Å². The van der Waals surface area contributed by atoms with Gasteiger partial charge in [-0.15, -0.1) is 0 Å². The first-order chi connectivity index (χ1) is 15.8. The summed E-state index contributed by atoms with van der Waals surface area (Å²) >= 11 is 3.42. The lowest BCUT2D eigenvalue weighted by molar-refractivity contribution is -0.136. The molecule has 1 N–H and O–H groups in total. The summed E-state index contributed by atoms with van der Waals surface area (Å²) in [4.78, 5) is 28.3. The quantitative estimate of drug-likeness (QED) is 0.463. The molecule has 3 aromatic carbocycles. The maximum atomic E-state index is 13.5. The van der Waals surface area contributed by atoms with E-state index in [0.29, 0.717) is 39.3 Å². The summed E-state index contributed by atoms with van der Waals surface area (Å²) in [6.45, 7) is 2.28. The molecule has 0 saturated heterocycles. The van der Waals surface area contributed by atoms with E-state index >= 15 is 0 Å². The third-order valence-electron chi connectivity index (χ3n) is 5.84. The van der Waals surface area contributed by atoms with Crippen molar-refractivity contribution in [2.45, 2.75) is 25.5 Å². The second kappa shape index (κ2) is 9.00. The Labute approximate surface area is 200 Å². The van der Waals surface area contributed by atoms with E-state index in [9.17, 15) is 14.7 Å². The number of aliphatic hydroxyl groups is 1. The third-order valence-corrected chi connectivity index (χ3v) is 6.33. The Bertz CT molecular complexity index is 1240. The minimum absolute atomic E-state index is 0.294. The van der Waals surface area contributed by atoms with Gasteiger partial charge in [0.1, 0.15) is 0 Å². The molecule has 4 rings (SSSR count). The number of ether oxygens (including phenoxy) is 2. The number of carbonyl (C=O) groups excluding carboxylic acids is 2. The number of benzene rings is 3. The number of amides is 1. The Hall–Kier alpha value is -3.16. The van der Waals surface area contributed by atoms with Crippen molar-refractivity contribution in [2.24, 2.45) is 0 Å². The van der Waals surface area contributed by atoms with Crippen LogP contribution in [0.5, 0.6) is 11.5 Å². The van der Waals surface area contributed by atoms with Crippen molar-refractivity contribution in [3.8, 4) is 11.5 Å². The number of hydrogen-bond acceptors (Lipinski definition) is 5. The topological polar surface area (TPSA) is 76.1 Å². The average Bonchev–Trinajstić information content (AvgIpc) is 2.99. The van der Waals surface area contributed by atoms with E-state index in [1.807, 2.05) is 37.3 Å². The van der Waals surface area contributed by atoms with Gasteiger partial charge in [0.25, 0.3) is 5.91 Å². The summed E-state index contributed by atoms with van der Waals surface area (Å²) in [6.07, 6.45) is -0.394. The predicted molar refractivity (Wildman–Crippen MR) is 129 cm³/mol. The van der Waals surface area contributed by atoms with Crippen molar-refractivity contribution >= 4 is 33.3 Å². The Balaban J connectivity index is 1.69. The SMILES string of the molecule is COc1ccc(C(=O)CC2(O)C(=O)N(Cc3cccc(C)c3)c3ccc(Br)cc32)cc1OC. The number of carbonyl (C=O) groups is 2. The van der Waals surface area contributed by atoms with Crippen LogP contribution < -0.4 is 14.4 Å². The van der Waals surface area contributed by atoms with E-state index in [2.05, 4.69) is 15.9 Å². The van der Waals surface area contributed by atoms with E-state index in [4.69, 9.17) is 9.47 Å². The highest BCUT2D eigenvalue weighted by Crippen LogP contribution is 2.45. The third kappa shape index (κ3) is 4.26. The number of ketones is 1. The van der Waals surface area contributed by atoms with Crippen LogP contribution in [0.2, 0.25) is 0 Å². The van der Waals surface area contributed by atoms with Crippen LogP contribution >= 0.6 is 15.9 Å². The van der Waals surface area contributed by atoms with Crippen molar-refractivity contribution in [3.05, 3.63) is 87.4 Å². The fourth-order valence-corrected chi connectivity index (χ4v) is 4.55. The molecule has 0 fully saturated rings. The molecule has 0 saturated carbocycles. The zero-order valence-electron chi connectivity index (χ0n) is 18.6. The second-order valence-corrected chi connectivity index (χ2v) is 8.99. The first kappa shape index (κ1) is 23.0. The summed E-state index contributed by atoms with van der Waals surface area (Å²) in [5.41, 5.74) is 1.35. The molecular formula is C26H24BrNO5. The van der Waals surface area contributed by atoms with Crippen LogP contribution in [0, 0.1) is 6.92 Å². The van der Waals surface area contributed by atoms with Gasteiger partial charge in [-0.25, -0.2) is 0 Å². The van der Waals surface area contributed by atoms with Gasteiger partial charge in [0.2, 0.25) is 0 Å². The molecule has 0 bridgehead atoms. The van der Waals surface area contributed by atoms with Crippen LogP contribution in [0.15, 0.2) is 65.1 Å². The molecule has 170 valence electrons. The zero-order valence-corrected chi connectivity index (χ0v) is 20.2. The molecule has 3 aromatic rings. The number of rotatable bonds is 7. The monoisotopic (exact) mass is 509 g/mol. The van der Waals surface area contributed by atoms with Crippen molar-refractivity contribution < 1.29 is 24.2 Å². The number of fused-ring (bicyclic) bond motifs is 1. The molecule has 1 aliphatic heterocycles. The first-order valence-electron chi connectivity index (χ1n) is 10.4. The molecule has 0 aliphatic carbocycles. The second-order valence-electron chi connectivity index (χ2n) is 8.07. The number of Topliss-reactive ketones (excluding diaryl/α,β-unsaturated/α-hetero) is 1. The molecule has 7 heteroatoms. The first-order valence-corrected chi connectivity index (χ1v) is 11.2. The van der Waals surface area contributed by atoms with Crippen LogP contribution in [-0.2, 0) is 16.9 Å². The van der Waals surface area contributed by atoms with Crippen LogP contribution in [0.4, 0.5) is 5.69 Å². The highest BCUT2D eigenvalue weighted by molar-refractivity contribution is 9.10. The number of hydrogen-bond donors (Lipinski definition) is 1. The van der Waals surface area contributed by atoms with Crippen LogP contribution in [0.1, 0.15) is 33.5 Å². The molecule has 1 amide bonds. The van der Waals surface area contributed by atoms with Crippen LogP contribution in [0.3, 0.4) is 0 Å². The summed E-state index contributed by atoms with van der Waals surface area (Å²) in [5.74, 6) is -0.0123. The summed E-state index contributed by atoms with van der Waals surface area (Å²) < 4.78 is 11.2. The number of halogens is 1. The molecule has 1 atom stereocenters. The minimum Gasteiger partial charge on any atom is -0.493 e. The summed E-state index contributed by atoms with van der Waals surface area (Å²) in [5, 5.41) is 11.6. The fourth-order valence-electron chi connectivity index (χ4n) is 4.19. The number of nitrogens with zero attached hydrogens (tertiary/aromatic N) is 1. The Morgan fingerprint density at radius 1 is 1.03 bits per heavy atom. The van der Waals surface area contributed by atoms with Gasteiger partial charge in [0, 0.05) is 15.6 Å². The average molecular weight is 510 g/mol. The molecule has 6 nitrogen and oxygen atoms in total.